The van der Waals surface area contributed by atoms with Gasteiger partial charge in [0.1, 0.15) is 12.4 Å². The van der Waals surface area contributed by atoms with Crippen molar-refractivity contribution in [3.63, 3.8) is 0 Å². The molecule has 0 aromatic heterocycles. The van der Waals surface area contributed by atoms with E-state index < -0.39 is 0 Å². The lowest BCUT2D eigenvalue weighted by molar-refractivity contribution is 0.359. The Morgan fingerprint density at radius 3 is 2.71 bits per heavy atom. The van der Waals surface area contributed by atoms with Gasteiger partial charge in [-0.25, -0.2) is 0 Å². The number of nitrogens with zero attached hydrogens (tertiary/aromatic N) is 1. The van der Waals surface area contributed by atoms with E-state index in [0.717, 1.165) is 23.5 Å². The van der Waals surface area contributed by atoms with Crippen molar-refractivity contribution in [1.82, 2.24) is 0 Å². The van der Waals surface area contributed by atoms with Gasteiger partial charge in [0, 0.05) is 37.6 Å². The number of ether oxygens (including phenoxy) is 1. The molecule has 0 unspecified atom stereocenters. The Balaban J connectivity index is 2.06. The van der Waals surface area contributed by atoms with Crippen LogP contribution in [-0.2, 0) is 6.54 Å². The number of para-hydroxylation sites is 1. The van der Waals surface area contributed by atoms with E-state index >= 15 is 0 Å². The van der Waals surface area contributed by atoms with Gasteiger partial charge in [-0.05, 0) is 24.3 Å². The first-order chi connectivity index (χ1) is 10.2. The zero-order valence-corrected chi connectivity index (χ0v) is 12.7. The normalized spacial score (nSPS) is 10.0. The Labute approximate surface area is 126 Å². The van der Waals surface area contributed by atoms with Gasteiger partial charge in [-0.3, -0.25) is 0 Å². The quantitative estimate of drug-likeness (QED) is 0.779. The Morgan fingerprint density at radius 2 is 1.95 bits per heavy atom. The Morgan fingerprint density at radius 1 is 1.14 bits per heavy atom. The SMILES string of the molecule is C=CCOc1ccccc1CNc1cccc(N(C)C)c1. The second kappa shape index (κ2) is 7.39. The van der Waals surface area contributed by atoms with Gasteiger partial charge in [-0.2, -0.15) is 0 Å². The number of nitrogens with one attached hydrogen (secondary N) is 1. The van der Waals surface area contributed by atoms with Crippen LogP contribution in [0, 0.1) is 0 Å². The molecule has 2 aromatic carbocycles. The highest BCUT2D eigenvalue weighted by Gasteiger charge is 2.03. The summed E-state index contributed by atoms with van der Waals surface area (Å²) < 4.78 is 5.67. The molecule has 0 amide bonds. The van der Waals surface area contributed by atoms with Crippen LogP contribution in [-0.4, -0.2) is 20.7 Å². The van der Waals surface area contributed by atoms with Gasteiger partial charge < -0.3 is 15.0 Å². The van der Waals surface area contributed by atoms with E-state index in [-0.39, 0.29) is 0 Å². The fourth-order valence-electron chi connectivity index (χ4n) is 2.03. The standard InChI is InChI=1S/C18H22N2O/c1-4-12-21-18-11-6-5-8-15(18)14-19-16-9-7-10-17(13-16)20(2)3/h4-11,13,19H,1,12,14H2,2-3H3. The third-order valence-electron chi connectivity index (χ3n) is 3.17. The number of benzene rings is 2. The largest absolute Gasteiger partial charge is 0.489 e. The van der Waals surface area contributed by atoms with Crippen molar-refractivity contribution in [3.8, 4) is 5.75 Å². The molecule has 0 aliphatic heterocycles. The molecule has 2 rings (SSSR count). The average molecular weight is 282 g/mol. The third kappa shape index (κ3) is 4.28. The molecule has 21 heavy (non-hydrogen) atoms. The molecule has 0 radical (unpaired) electrons. The fraction of sp³-hybridized carbons (Fsp3) is 0.222. The van der Waals surface area contributed by atoms with Crippen molar-refractivity contribution in [2.45, 2.75) is 6.54 Å². The van der Waals surface area contributed by atoms with E-state index in [4.69, 9.17) is 4.74 Å². The van der Waals surface area contributed by atoms with E-state index in [2.05, 4.69) is 47.1 Å². The lowest BCUT2D eigenvalue weighted by Gasteiger charge is -2.15. The number of hydrogen-bond donors (Lipinski definition) is 1. The van der Waals surface area contributed by atoms with E-state index in [1.54, 1.807) is 6.08 Å². The lowest BCUT2D eigenvalue weighted by Crippen LogP contribution is -2.09. The summed E-state index contributed by atoms with van der Waals surface area (Å²) in [6.45, 7) is 4.93. The topological polar surface area (TPSA) is 24.5 Å². The molecule has 0 fully saturated rings. The average Bonchev–Trinajstić information content (AvgIpc) is 2.52. The number of rotatable bonds is 7. The van der Waals surface area contributed by atoms with Crippen LogP contribution < -0.4 is 15.0 Å². The Bertz CT molecular complexity index is 593. The van der Waals surface area contributed by atoms with Gasteiger partial charge in [-0.15, -0.1) is 0 Å². The van der Waals surface area contributed by atoms with Crippen LogP contribution in [0.25, 0.3) is 0 Å². The molecule has 2 aromatic rings. The summed E-state index contributed by atoms with van der Waals surface area (Å²) in [6, 6.07) is 16.4. The highest BCUT2D eigenvalue weighted by atomic mass is 16.5. The molecular formula is C18H22N2O. The van der Waals surface area contributed by atoms with Crippen LogP contribution in [0.2, 0.25) is 0 Å². The molecule has 0 heterocycles. The smallest absolute Gasteiger partial charge is 0.124 e. The van der Waals surface area contributed by atoms with Gasteiger partial charge in [0.2, 0.25) is 0 Å². The molecule has 0 bridgehead atoms. The minimum atomic E-state index is 0.521. The van der Waals surface area contributed by atoms with Gasteiger partial charge >= 0.3 is 0 Å². The van der Waals surface area contributed by atoms with Crippen molar-refractivity contribution in [3.05, 3.63) is 66.7 Å². The van der Waals surface area contributed by atoms with Crippen molar-refractivity contribution >= 4 is 11.4 Å². The van der Waals surface area contributed by atoms with Crippen LogP contribution in [0.5, 0.6) is 5.75 Å². The molecule has 0 saturated heterocycles. The molecule has 0 saturated carbocycles. The predicted molar refractivity (Wildman–Crippen MR) is 90.2 cm³/mol. The van der Waals surface area contributed by atoms with Crippen LogP contribution in [0.4, 0.5) is 11.4 Å². The molecule has 0 aliphatic rings. The highest BCUT2D eigenvalue weighted by molar-refractivity contribution is 5.57. The van der Waals surface area contributed by atoms with Crippen molar-refractivity contribution in [1.29, 1.82) is 0 Å². The van der Waals surface area contributed by atoms with Crippen LogP contribution in [0.15, 0.2) is 61.2 Å². The van der Waals surface area contributed by atoms with Crippen LogP contribution in [0.1, 0.15) is 5.56 Å². The highest BCUT2D eigenvalue weighted by Crippen LogP contribution is 2.21. The summed E-state index contributed by atoms with van der Waals surface area (Å²) in [5.41, 5.74) is 3.41. The number of hydrogen-bond acceptors (Lipinski definition) is 3. The van der Waals surface area contributed by atoms with E-state index in [1.807, 2.05) is 32.3 Å². The van der Waals surface area contributed by atoms with Crippen molar-refractivity contribution < 1.29 is 4.74 Å². The summed E-state index contributed by atoms with van der Waals surface area (Å²) in [6.07, 6.45) is 1.75. The van der Waals surface area contributed by atoms with Crippen LogP contribution in [0.3, 0.4) is 0 Å². The zero-order chi connectivity index (χ0) is 15.1. The summed E-state index contributed by atoms with van der Waals surface area (Å²) >= 11 is 0. The molecule has 3 heteroatoms. The Kier molecular flexibility index (Phi) is 5.27. The maximum absolute atomic E-state index is 5.67. The number of anilines is 2. The first-order valence-electron chi connectivity index (χ1n) is 7.03. The van der Waals surface area contributed by atoms with Crippen molar-refractivity contribution in [2.24, 2.45) is 0 Å². The van der Waals surface area contributed by atoms with Crippen molar-refractivity contribution in [2.75, 3.05) is 30.9 Å². The van der Waals surface area contributed by atoms with Gasteiger partial charge in [0.05, 0.1) is 0 Å². The molecule has 0 spiro atoms. The molecular weight excluding hydrogens is 260 g/mol. The summed E-state index contributed by atoms with van der Waals surface area (Å²) in [7, 11) is 4.08. The molecule has 3 nitrogen and oxygen atoms in total. The summed E-state index contributed by atoms with van der Waals surface area (Å²) in [5.74, 6) is 0.897. The summed E-state index contributed by atoms with van der Waals surface area (Å²) in [4.78, 5) is 2.09. The third-order valence-corrected chi connectivity index (χ3v) is 3.17. The molecule has 0 atom stereocenters. The minimum absolute atomic E-state index is 0.521. The maximum atomic E-state index is 5.67. The Hall–Kier alpha value is -2.42. The maximum Gasteiger partial charge on any atom is 0.124 e. The van der Waals surface area contributed by atoms with E-state index in [9.17, 15) is 0 Å². The van der Waals surface area contributed by atoms with Gasteiger partial charge in [0.15, 0.2) is 0 Å². The first-order valence-corrected chi connectivity index (χ1v) is 7.03. The monoisotopic (exact) mass is 282 g/mol. The van der Waals surface area contributed by atoms with Crippen LogP contribution >= 0.6 is 0 Å². The summed E-state index contributed by atoms with van der Waals surface area (Å²) in [5, 5.41) is 3.44. The minimum Gasteiger partial charge on any atom is -0.489 e. The zero-order valence-electron chi connectivity index (χ0n) is 12.7. The fourth-order valence-corrected chi connectivity index (χ4v) is 2.03. The second-order valence-electron chi connectivity index (χ2n) is 5.01. The van der Waals surface area contributed by atoms with E-state index in [1.165, 1.54) is 5.69 Å². The molecule has 1 N–H and O–H groups in total. The second-order valence-corrected chi connectivity index (χ2v) is 5.01. The molecule has 110 valence electrons. The molecule has 0 aliphatic carbocycles. The van der Waals surface area contributed by atoms with Gasteiger partial charge in [-0.1, -0.05) is 36.9 Å². The van der Waals surface area contributed by atoms with Gasteiger partial charge in [0.25, 0.3) is 0 Å². The first kappa shape index (κ1) is 15.0. The lowest BCUT2D eigenvalue weighted by atomic mass is 10.2. The predicted octanol–water partition coefficient (Wildman–Crippen LogP) is 3.93. The van der Waals surface area contributed by atoms with E-state index in [0.29, 0.717) is 6.61 Å².